The number of nitrogens with two attached hydrogens (primary N) is 1. The summed E-state index contributed by atoms with van der Waals surface area (Å²) in [6.07, 6.45) is 3.89. The molecule has 1 atom stereocenters. The van der Waals surface area contributed by atoms with E-state index in [2.05, 4.69) is 4.99 Å². The first-order valence-electron chi connectivity index (χ1n) is 11.2. The van der Waals surface area contributed by atoms with Gasteiger partial charge in [0.25, 0.3) is 5.91 Å². The largest absolute Gasteiger partial charge is 0.375 e. The Morgan fingerprint density at radius 2 is 1.55 bits per heavy atom. The predicted octanol–water partition coefficient (Wildman–Crippen LogP) is 3.16. The van der Waals surface area contributed by atoms with Gasteiger partial charge in [0.2, 0.25) is 0 Å². The summed E-state index contributed by atoms with van der Waals surface area (Å²) in [4.78, 5) is 21.9. The normalized spacial score (nSPS) is 20.0. The van der Waals surface area contributed by atoms with Gasteiger partial charge in [0.15, 0.2) is 11.6 Å². The predicted molar refractivity (Wildman–Crippen MR) is 123 cm³/mol. The Kier molecular flexibility index (Phi) is 6.28. The van der Waals surface area contributed by atoms with Gasteiger partial charge in [-0.1, -0.05) is 60.9 Å². The van der Waals surface area contributed by atoms with E-state index in [1.165, 1.54) is 5.56 Å². The first-order valence-corrected chi connectivity index (χ1v) is 11.2. The van der Waals surface area contributed by atoms with Gasteiger partial charge in [0.05, 0.1) is 5.69 Å². The minimum absolute atomic E-state index is 0.0337. The SMILES string of the molecule is Cc1ccc(N=C(N)N2CCN(C(=O)[C@](O)(c3ccccc3)C3CCCC3)CC2)cc1. The summed E-state index contributed by atoms with van der Waals surface area (Å²) in [5.41, 5.74) is 7.49. The van der Waals surface area contributed by atoms with E-state index in [0.717, 1.165) is 31.4 Å². The molecule has 1 amide bonds. The molecule has 3 N–H and O–H groups in total. The number of hydrogen-bond donors (Lipinski definition) is 2. The Hall–Kier alpha value is -2.86. The van der Waals surface area contributed by atoms with Crippen molar-refractivity contribution in [1.82, 2.24) is 9.80 Å². The monoisotopic (exact) mass is 420 g/mol. The number of piperazine rings is 1. The standard InChI is InChI=1S/C25H32N4O2/c1-19-11-13-22(14-12-19)27-24(26)29-17-15-28(16-18-29)23(30)25(31,21-9-5-6-10-21)20-7-3-2-4-8-20/h2-4,7-8,11-14,21,31H,5-6,9-10,15-18H2,1H3,(H2,26,27)/t25-/m0/s1. The number of aliphatic hydroxyl groups is 1. The number of guanidine groups is 1. The van der Waals surface area contributed by atoms with Crippen LogP contribution in [0.1, 0.15) is 36.8 Å². The van der Waals surface area contributed by atoms with Gasteiger partial charge in [-0.05, 0) is 37.5 Å². The first kappa shape index (κ1) is 21.4. The van der Waals surface area contributed by atoms with Gasteiger partial charge in [0, 0.05) is 32.1 Å². The lowest BCUT2D eigenvalue weighted by atomic mass is 9.79. The molecule has 0 unspecified atom stereocenters. The van der Waals surface area contributed by atoms with Gasteiger partial charge in [-0.15, -0.1) is 0 Å². The Labute approximate surface area is 184 Å². The van der Waals surface area contributed by atoms with Gasteiger partial charge in [0.1, 0.15) is 0 Å². The van der Waals surface area contributed by atoms with Crippen molar-refractivity contribution in [2.75, 3.05) is 26.2 Å². The zero-order chi connectivity index (χ0) is 21.8. The molecule has 1 aliphatic carbocycles. The quantitative estimate of drug-likeness (QED) is 0.588. The van der Waals surface area contributed by atoms with Gasteiger partial charge in [-0.3, -0.25) is 4.79 Å². The van der Waals surface area contributed by atoms with Crippen LogP contribution in [-0.4, -0.2) is 53.0 Å². The number of benzene rings is 2. The van der Waals surface area contributed by atoms with Crippen molar-refractivity contribution in [3.8, 4) is 0 Å². The molecule has 164 valence electrons. The summed E-state index contributed by atoms with van der Waals surface area (Å²) in [6, 6.07) is 17.4. The van der Waals surface area contributed by atoms with Crippen LogP contribution in [0.15, 0.2) is 59.6 Å². The zero-order valence-corrected chi connectivity index (χ0v) is 18.2. The molecule has 2 aromatic rings. The van der Waals surface area contributed by atoms with Crippen molar-refractivity contribution in [1.29, 1.82) is 0 Å². The molecular formula is C25H32N4O2. The minimum Gasteiger partial charge on any atom is -0.375 e. The number of amides is 1. The van der Waals surface area contributed by atoms with Crippen molar-refractivity contribution < 1.29 is 9.90 Å². The molecule has 2 aromatic carbocycles. The van der Waals surface area contributed by atoms with Crippen LogP contribution in [-0.2, 0) is 10.4 Å². The second-order valence-electron chi connectivity index (χ2n) is 8.70. The van der Waals surface area contributed by atoms with Crippen LogP contribution in [0.5, 0.6) is 0 Å². The molecule has 6 heteroatoms. The minimum atomic E-state index is -1.46. The topological polar surface area (TPSA) is 82.2 Å². The molecule has 1 saturated carbocycles. The number of hydrogen-bond acceptors (Lipinski definition) is 3. The highest BCUT2D eigenvalue weighted by Crippen LogP contribution is 2.42. The maximum atomic E-state index is 13.6. The summed E-state index contributed by atoms with van der Waals surface area (Å²) in [5.74, 6) is 0.248. The molecule has 31 heavy (non-hydrogen) atoms. The highest BCUT2D eigenvalue weighted by atomic mass is 16.3. The van der Waals surface area contributed by atoms with Gasteiger partial charge < -0.3 is 20.6 Å². The Bertz CT molecular complexity index is 914. The fourth-order valence-corrected chi connectivity index (χ4v) is 4.77. The van der Waals surface area contributed by atoms with E-state index in [9.17, 15) is 9.90 Å². The van der Waals surface area contributed by atoms with Crippen LogP contribution in [0, 0.1) is 12.8 Å². The highest BCUT2D eigenvalue weighted by Gasteiger charge is 2.48. The third-order valence-electron chi connectivity index (χ3n) is 6.65. The summed E-state index contributed by atoms with van der Waals surface area (Å²) in [6.45, 7) is 4.27. The van der Waals surface area contributed by atoms with Crippen molar-refractivity contribution in [3.63, 3.8) is 0 Å². The van der Waals surface area contributed by atoms with E-state index in [0.29, 0.717) is 37.7 Å². The summed E-state index contributed by atoms with van der Waals surface area (Å²) >= 11 is 0. The second-order valence-corrected chi connectivity index (χ2v) is 8.70. The molecule has 6 nitrogen and oxygen atoms in total. The Balaban J connectivity index is 1.46. The van der Waals surface area contributed by atoms with Crippen LogP contribution >= 0.6 is 0 Å². The van der Waals surface area contributed by atoms with Gasteiger partial charge in [-0.2, -0.15) is 0 Å². The molecule has 1 heterocycles. The number of aryl methyl sites for hydroxylation is 1. The van der Waals surface area contributed by atoms with Crippen molar-refractivity contribution in [2.45, 2.75) is 38.2 Å². The maximum Gasteiger partial charge on any atom is 0.259 e. The van der Waals surface area contributed by atoms with Crippen molar-refractivity contribution >= 4 is 17.6 Å². The smallest absolute Gasteiger partial charge is 0.259 e. The lowest BCUT2D eigenvalue weighted by Crippen LogP contribution is -2.58. The van der Waals surface area contributed by atoms with E-state index in [-0.39, 0.29) is 11.8 Å². The summed E-state index contributed by atoms with van der Waals surface area (Å²) < 4.78 is 0. The summed E-state index contributed by atoms with van der Waals surface area (Å²) in [7, 11) is 0. The molecular weight excluding hydrogens is 388 g/mol. The van der Waals surface area contributed by atoms with Crippen LogP contribution in [0.2, 0.25) is 0 Å². The maximum absolute atomic E-state index is 13.6. The first-order chi connectivity index (χ1) is 15.0. The fraction of sp³-hybridized carbons (Fsp3) is 0.440. The van der Waals surface area contributed by atoms with Crippen LogP contribution in [0.25, 0.3) is 0 Å². The van der Waals surface area contributed by atoms with E-state index >= 15 is 0 Å². The van der Waals surface area contributed by atoms with E-state index in [1.807, 2.05) is 66.4 Å². The van der Waals surface area contributed by atoms with E-state index in [1.54, 1.807) is 4.90 Å². The third-order valence-corrected chi connectivity index (χ3v) is 6.65. The van der Waals surface area contributed by atoms with Crippen molar-refractivity contribution in [2.24, 2.45) is 16.6 Å². The molecule has 1 saturated heterocycles. The summed E-state index contributed by atoms with van der Waals surface area (Å²) in [5, 5.41) is 11.7. The lowest BCUT2D eigenvalue weighted by Gasteiger charge is -2.41. The number of rotatable bonds is 4. The number of carbonyl (C=O) groups excluding carboxylic acids is 1. The molecule has 4 rings (SSSR count). The highest BCUT2D eigenvalue weighted by molar-refractivity contribution is 5.87. The molecule has 0 spiro atoms. The lowest BCUT2D eigenvalue weighted by molar-refractivity contribution is -0.160. The second kappa shape index (κ2) is 9.10. The average molecular weight is 421 g/mol. The zero-order valence-electron chi connectivity index (χ0n) is 18.2. The third kappa shape index (κ3) is 4.44. The molecule has 0 bridgehead atoms. The Morgan fingerprint density at radius 1 is 0.968 bits per heavy atom. The van der Waals surface area contributed by atoms with Crippen molar-refractivity contribution in [3.05, 3.63) is 65.7 Å². The molecule has 0 aromatic heterocycles. The number of aliphatic imine (C=N–C) groups is 1. The molecule has 1 aliphatic heterocycles. The number of nitrogens with zero attached hydrogens (tertiary/aromatic N) is 3. The van der Waals surface area contributed by atoms with Crippen LogP contribution in [0.3, 0.4) is 0 Å². The molecule has 0 radical (unpaired) electrons. The number of carbonyl (C=O) groups is 1. The average Bonchev–Trinajstić information content (AvgIpc) is 3.36. The molecule has 2 aliphatic rings. The van der Waals surface area contributed by atoms with E-state index in [4.69, 9.17) is 5.73 Å². The van der Waals surface area contributed by atoms with Gasteiger partial charge in [-0.25, -0.2) is 4.99 Å². The Morgan fingerprint density at radius 3 is 2.16 bits per heavy atom. The molecule has 2 fully saturated rings. The van der Waals surface area contributed by atoms with Crippen LogP contribution < -0.4 is 5.73 Å². The van der Waals surface area contributed by atoms with Gasteiger partial charge >= 0.3 is 0 Å². The van der Waals surface area contributed by atoms with Crippen LogP contribution in [0.4, 0.5) is 5.69 Å². The fourth-order valence-electron chi connectivity index (χ4n) is 4.77. The van der Waals surface area contributed by atoms with E-state index < -0.39 is 5.60 Å².